The standard InChI is InChI=1S/C14H9F3INO/c15-14(16,17)9-4-3-5-10(8-9)19-13(20)11-6-1-2-7-12(11)18/h1-8H,(H,19,20). The van der Waals surface area contributed by atoms with Gasteiger partial charge in [-0.2, -0.15) is 13.2 Å². The van der Waals surface area contributed by atoms with E-state index in [1.165, 1.54) is 12.1 Å². The lowest BCUT2D eigenvalue weighted by Crippen LogP contribution is -2.14. The average Bonchev–Trinajstić information content (AvgIpc) is 2.38. The molecule has 20 heavy (non-hydrogen) atoms. The SMILES string of the molecule is O=C(Nc1cccc(C(F)(F)F)c1)c1ccccc1I. The molecule has 0 heterocycles. The van der Waals surface area contributed by atoms with Gasteiger partial charge in [0.1, 0.15) is 0 Å². The van der Waals surface area contributed by atoms with E-state index < -0.39 is 17.6 Å². The third-order valence-corrected chi connectivity index (χ3v) is 3.51. The Kier molecular flexibility index (Phi) is 4.32. The second kappa shape index (κ2) is 5.82. The zero-order valence-electron chi connectivity index (χ0n) is 10.0. The number of carbonyl (C=O) groups is 1. The van der Waals surface area contributed by atoms with Crippen LogP contribution in [0.1, 0.15) is 15.9 Å². The van der Waals surface area contributed by atoms with Crippen LogP contribution in [-0.4, -0.2) is 5.91 Å². The van der Waals surface area contributed by atoms with Gasteiger partial charge in [0.05, 0.1) is 11.1 Å². The molecule has 0 saturated carbocycles. The largest absolute Gasteiger partial charge is 0.416 e. The molecule has 0 radical (unpaired) electrons. The molecular formula is C14H9F3INO. The first-order valence-electron chi connectivity index (χ1n) is 5.61. The molecule has 0 aliphatic carbocycles. The molecule has 1 N–H and O–H groups in total. The Labute approximate surface area is 127 Å². The summed E-state index contributed by atoms with van der Waals surface area (Å²) < 4.78 is 38.5. The van der Waals surface area contributed by atoms with E-state index in [1.807, 2.05) is 22.6 Å². The maximum atomic E-state index is 12.6. The van der Waals surface area contributed by atoms with Gasteiger partial charge in [-0.15, -0.1) is 0 Å². The first-order valence-corrected chi connectivity index (χ1v) is 6.69. The van der Waals surface area contributed by atoms with E-state index in [1.54, 1.807) is 24.3 Å². The van der Waals surface area contributed by atoms with Gasteiger partial charge in [0.25, 0.3) is 5.91 Å². The van der Waals surface area contributed by atoms with Gasteiger partial charge in [-0.25, -0.2) is 0 Å². The molecule has 0 atom stereocenters. The highest BCUT2D eigenvalue weighted by Crippen LogP contribution is 2.30. The molecule has 0 aliphatic heterocycles. The average molecular weight is 391 g/mol. The fourth-order valence-corrected chi connectivity index (χ4v) is 2.25. The Balaban J connectivity index is 2.23. The maximum absolute atomic E-state index is 12.6. The van der Waals surface area contributed by atoms with Crippen LogP contribution in [0.3, 0.4) is 0 Å². The Morgan fingerprint density at radius 2 is 1.75 bits per heavy atom. The van der Waals surface area contributed by atoms with E-state index in [9.17, 15) is 18.0 Å². The molecule has 2 aromatic rings. The first kappa shape index (κ1) is 14.8. The van der Waals surface area contributed by atoms with Crippen LogP contribution in [-0.2, 0) is 6.18 Å². The maximum Gasteiger partial charge on any atom is 0.416 e. The van der Waals surface area contributed by atoms with Gasteiger partial charge in [-0.1, -0.05) is 18.2 Å². The molecule has 0 fully saturated rings. The highest BCUT2D eigenvalue weighted by atomic mass is 127. The van der Waals surface area contributed by atoms with E-state index in [0.29, 0.717) is 5.56 Å². The Morgan fingerprint density at radius 3 is 2.40 bits per heavy atom. The summed E-state index contributed by atoms with van der Waals surface area (Å²) in [5.41, 5.74) is -0.256. The van der Waals surface area contributed by atoms with Crippen LogP contribution in [0.25, 0.3) is 0 Å². The molecule has 0 bridgehead atoms. The quantitative estimate of drug-likeness (QED) is 0.748. The minimum Gasteiger partial charge on any atom is -0.322 e. The van der Waals surface area contributed by atoms with Crippen LogP contribution in [0.15, 0.2) is 48.5 Å². The van der Waals surface area contributed by atoms with Crippen molar-refractivity contribution in [1.29, 1.82) is 0 Å². The Morgan fingerprint density at radius 1 is 1.05 bits per heavy atom. The topological polar surface area (TPSA) is 29.1 Å². The van der Waals surface area contributed by atoms with Crippen molar-refractivity contribution in [2.45, 2.75) is 6.18 Å². The number of alkyl halides is 3. The van der Waals surface area contributed by atoms with Gasteiger partial charge >= 0.3 is 6.18 Å². The smallest absolute Gasteiger partial charge is 0.322 e. The number of rotatable bonds is 2. The fourth-order valence-electron chi connectivity index (χ4n) is 1.62. The molecule has 2 aromatic carbocycles. The highest BCUT2D eigenvalue weighted by Gasteiger charge is 2.30. The molecule has 104 valence electrons. The first-order chi connectivity index (χ1) is 9.38. The van der Waals surface area contributed by atoms with E-state index in [0.717, 1.165) is 15.7 Å². The van der Waals surface area contributed by atoms with E-state index >= 15 is 0 Å². The van der Waals surface area contributed by atoms with Crippen molar-refractivity contribution in [3.63, 3.8) is 0 Å². The molecule has 0 saturated heterocycles. The van der Waals surface area contributed by atoms with E-state index in [4.69, 9.17) is 0 Å². The third kappa shape index (κ3) is 3.50. The van der Waals surface area contributed by atoms with Crippen molar-refractivity contribution in [3.05, 3.63) is 63.2 Å². The van der Waals surface area contributed by atoms with E-state index in [2.05, 4.69) is 5.32 Å². The predicted octanol–water partition coefficient (Wildman–Crippen LogP) is 4.56. The summed E-state index contributed by atoms with van der Waals surface area (Å²) in [5, 5.41) is 2.47. The molecule has 0 spiro atoms. The van der Waals surface area contributed by atoms with Crippen molar-refractivity contribution >= 4 is 34.2 Å². The zero-order valence-corrected chi connectivity index (χ0v) is 12.2. The highest BCUT2D eigenvalue weighted by molar-refractivity contribution is 14.1. The van der Waals surface area contributed by atoms with Crippen LogP contribution in [0.5, 0.6) is 0 Å². The second-order valence-corrected chi connectivity index (χ2v) is 5.17. The summed E-state index contributed by atoms with van der Waals surface area (Å²) in [6.07, 6.45) is -4.43. The van der Waals surface area contributed by atoms with Crippen LogP contribution >= 0.6 is 22.6 Å². The van der Waals surface area contributed by atoms with Crippen molar-refractivity contribution in [3.8, 4) is 0 Å². The Bertz CT molecular complexity index is 640. The summed E-state index contributed by atoms with van der Waals surface area (Å²) in [6.45, 7) is 0. The van der Waals surface area contributed by atoms with Gasteiger partial charge in [-0.3, -0.25) is 4.79 Å². The summed E-state index contributed by atoms with van der Waals surface area (Å²) in [5.74, 6) is -0.436. The van der Waals surface area contributed by atoms with Crippen LogP contribution in [0.4, 0.5) is 18.9 Å². The molecule has 0 aliphatic rings. The Hall–Kier alpha value is -1.57. The molecular weight excluding hydrogens is 382 g/mol. The van der Waals surface area contributed by atoms with Gasteiger partial charge in [0.15, 0.2) is 0 Å². The van der Waals surface area contributed by atoms with Crippen molar-refractivity contribution in [2.75, 3.05) is 5.32 Å². The lowest BCUT2D eigenvalue weighted by molar-refractivity contribution is -0.137. The number of carbonyl (C=O) groups excluding carboxylic acids is 1. The van der Waals surface area contributed by atoms with Gasteiger partial charge < -0.3 is 5.32 Å². The van der Waals surface area contributed by atoms with Gasteiger partial charge in [0.2, 0.25) is 0 Å². The number of hydrogen-bond donors (Lipinski definition) is 1. The number of anilines is 1. The number of hydrogen-bond acceptors (Lipinski definition) is 1. The van der Waals surface area contributed by atoms with Crippen molar-refractivity contribution < 1.29 is 18.0 Å². The minimum absolute atomic E-state index is 0.115. The molecule has 0 aromatic heterocycles. The number of amides is 1. The summed E-state index contributed by atoms with van der Waals surface area (Å²) in [7, 11) is 0. The lowest BCUT2D eigenvalue weighted by Gasteiger charge is -2.10. The van der Waals surface area contributed by atoms with Crippen molar-refractivity contribution in [2.24, 2.45) is 0 Å². The lowest BCUT2D eigenvalue weighted by atomic mass is 10.1. The summed E-state index contributed by atoms with van der Waals surface area (Å²) in [4.78, 5) is 12.0. The molecule has 6 heteroatoms. The zero-order chi connectivity index (χ0) is 14.8. The number of halogens is 4. The summed E-state index contributed by atoms with van der Waals surface area (Å²) >= 11 is 2.00. The van der Waals surface area contributed by atoms with E-state index in [-0.39, 0.29) is 5.69 Å². The molecule has 1 amide bonds. The fraction of sp³-hybridized carbons (Fsp3) is 0.0714. The van der Waals surface area contributed by atoms with Gasteiger partial charge in [-0.05, 0) is 52.9 Å². The van der Waals surface area contributed by atoms with Crippen LogP contribution in [0, 0.1) is 3.57 Å². The van der Waals surface area contributed by atoms with Crippen LogP contribution in [0.2, 0.25) is 0 Å². The van der Waals surface area contributed by atoms with Gasteiger partial charge in [0, 0.05) is 9.26 Å². The molecule has 0 unspecified atom stereocenters. The second-order valence-electron chi connectivity index (χ2n) is 4.01. The summed E-state index contributed by atoms with van der Waals surface area (Å²) in [6, 6.07) is 11.4. The van der Waals surface area contributed by atoms with Crippen molar-refractivity contribution in [1.82, 2.24) is 0 Å². The normalized spacial score (nSPS) is 11.2. The van der Waals surface area contributed by atoms with Crippen LogP contribution < -0.4 is 5.32 Å². The monoisotopic (exact) mass is 391 g/mol. The third-order valence-electron chi connectivity index (χ3n) is 2.57. The number of nitrogens with one attached hydrogen (secondary N) is 1. The molecule has 2 rings (SSSR count). The number of benzene rings is 2. The molecule has 2 nitrogen and oxygen atoms in total. The minimum atomic E-state index is -4.43. The predicted molar refractivity (Wildman–Crippen MR) is 78.6 cm³/mol.